The van der Waals surface area contributed by atoms with Gasteiger partial charge < -0.3 is 10.6 Å². The number of carbonyl (C=O) groups excluding carboxylic acids is 1. The van der Waals surface area contributed by atoms with Gasteiger partial charge in [-0.2, -0.15) is 0 Å². The van der Waals surface area contributed by atoms with Crippen molar-refractivity contribution in [1.29, 1.82) is 0 Å². The lowest BCUT2D eigenvalue weighted by Crippen LogP contribution is -2.25. The summed E-state index contributed by atoms with van der Waals surface area (Å²) >= 11 is 0. The number of nitro benzene ring substituents is 1. The minimum absolute atomic E-state index is 0.140. The summed E-state index contributed by atoms with van der Waals surface area (Å²) in [6.45, 7) is 1.60. The molecule has 2 aromatic rings. The molecule has 1 saturated carbocycles. The highest BCUT2D eigenvalue weighted by molar-refractivity contribution is 5.96. The van der Waals surface area contributed by atoms with E-state index in [0.29, 0.717) is 0 Å². The van der Waals surface area contributed by atoms with Crippen molar-refractivity contribution in [3.05, 3.63) is 69.3 Å². The van der Waals surface area contributed by atoms with Crippen molar-refractivity contribution in [2.24, 2.45) is 0 Å². The van der Waals surface area contributed by atoms with Crippen LogP contribution in [0.3, 0.4) is 0 Å². The fourth-order valence-corrected chi connectivity index (χ4v) is 2.61. The van der Waals surface area contributed by atoms with E-state index in [1.165, 1.54) is 24.3 Å². The van der Waals surface area contributed by atoms with Crippen molar-refractivity contribution in [1.82, 2.24) is 5.32 Å². The molecule has 1 fully saturated rings. The SMILES string of the molecule is CC(Nc1ccc(C(=O)NC2CC2)cc1[N+](=O)[O-])c1ccc(F)cc1F. The highest BCUT2D eigenvalue weighted by Gasteiger charge is 2.25. The monoisotopic (exact) mass is 361 g/mol. The standard InChI is InChI=1S/C18H17F2N3O3/c1-10(14-6-3-12(19)9-15(14)20)21-16-7-2-11(8-17(16)23(25)26)18(24)22-13-4-5-13/h2-3,6-10,13,21H,4-5H2,1H3,(H,22,24). The highest BCUT2D eigenvalue weighted by Crippen LogP contribution is 2.30. The molecule has 26 heavy (non-hydrogen) atoms. The number of hydrogen-bond acceptors (Lipinski definition) is 4. The van der Waals surface area contributed by atoms with Crippen molar-refractivity contribution in [2.45, 2.75) is 31.8 Å². The van der Waals surface area contributed by atoms with E-state index in [4.69, 9.17) is 0 Å². The summed E-state index contributed by atoms with van der Waals surface area (Å²) in [5.41, 5.74) is 0.225. The molecule has 1 atom stereocenters. The van der Waals surface area contributed by atoms with Crippen LogP contribution >= 0.6 is 0 Å². The molecule has 2 N–H and O–H groups in total. The Hall–Kier alpha value is -3.03. The fourth-order valence-electron chi connectivity index (χ4n) is 2.61. The van der Waals surface area contributed by atoms with Crippen molar-refractivity contribution in [2.75, 3.05) is 5.32 Å². The van der Waals surface area contributed by atoms with Crippen molar-refractivity contribution >= 4 is 17.3 Å². The van der Waals surface area contributed by atoms with Gasteiger partial charge in [0.15, 0.2) is 0 Å². The van der Waals surface area contributed by atoms with Crippen molar-refractivity contribution < 1.29 is 18.5 Å². The number of anilines is 1. The first-order chi connectivity index (χ1) is 12.3. The number of carbonyl (C=O) groups is 1. The van der Waals surface area contributed by atoms with E-state index in [9.17, 15) is 23.7 Å². The number of halogens is 2. The molecular weight excluding hydrogens is 344 g/mol. The number of benzene rings is 2. The summed E-state index contributed by atoms with van der Waals surface area (Å²) < 4.78 is 26.9. The summed E-state index contributed by atoms with van der Waals surface area (Å²) in [7, 11) is 0. The summed E-state index contributed by atoms with van der Waals surface area (Å²) in [4.78, 5) is 22.8. The van der Waals surface area contributed by atoms with Gasteiger partial charge in [0.2, 0.25) is 0 Å². The molecule has 2 aromatic carbocycles. The van der Waals surface area contributed by atoms with Gasteiger partial charge in [0.25, 0.3) is 11.6 Å². The zero-order chi connectivity index (χ0) is 18.8. The maximum absolute atomic E-state index is 13.9. The van der Waals surface area contributed by atoms with Crippen LogP contribution in [0.25, 0.3) is 0 Å². The van der Waals surface area contributed by atoms with Gasteiger partial charge in [-0.25, -0.2) is 8.78 Å². The normalized spacial score (nSPS) is 14.6. The van der Waals surface area contributed by atoms with E-state index < -0.39 is 22.6 Å². The van der Waals surface area contributed by atoms with Crippen LogP contribution in [0.15, 0.2) is 36.4 Å². The predicted molar refractivity (Wildman–Crippen MR) is 92.0 cm³/mol. The third kappa shape index (κ3) is 3.96. The van der Waals surface area contributed by atoms with Crippen LogP contribution in [0, 0.1) is 21.7 Å². The maximum Gasteiger partial charge on any atom is 0.293 e. The lowest BCUT2D eigenvalue weighted by molar-refractivity contribution is -0.384. The van der Waals surface area contributed by atoms with E-state index in [1.807, 2.05) is 0 Å². The predicted octanol–water partition coefficient (Wildman–Crippen LogP) is 3.94. The van der Waals surface area contributed by atoms with Crippen molar-refractivity contribution in [3.63, 3.8) is 0 Å². The fraction of sp³-hybridized carbons (Fsp3) is 0.278. The quantitative estimate of drug-likeness (QED) is 0.603. The summed E-state index contributed by atoms with van der Waals surface area (Å²) in [5, 5.41) is 17.0. The maximum atomic E-state index is 13.9. The zero-order valence-electron chi connectivity index (χ0n) is 14.0. The minimum Gasteiger partial charge on any atom is -0.373 e. The van der Waals surface area contributed by atoms with Crippen LogP contribution in [-0.2, 0) is 0 Å². The molecule has 0 aromatic heterocycles. The Morgan fingerprint density at radius 2 is 1.96 bits per heavy atom. The first-order valence-electron chi connectivity index (χ1n) is 8.16. The molecule has 0 heterocycles. The average molecular weight is 361 g/mol. The van der Waals surface area contributed by atoms with Crippen molar-refractivity contribution in [3.8, 4) is 0 Å². The molecule has 6 nitrogen and oxygen atoms in total. The van der Waals surface area contributed by atoms with Crippen LogP contribution in [0.2, 0.25) is 0 Å². The Labute approximate surface area is 148 Å². The Balaban J connectivity index is 1.84. The smallest absolute Gasteiger partial charge is 0.293 e. The Kier molecular flexibility index (Phi) is 4.83. The number of nitro groups is 1. The molecule has 0 saturated heterocycles. The molecule has 1 aliphatic carbocycles. The van der Waals surface area contributed by atoms with E-state index in [2.05, 4.69) is 10.6 Å². The van der Waals surface area contributed by atoms with Crippen LogP contribution < -0.4 is 10.6 Å². The van der Waals surface area contributed by atoms with Gasteiger partial charge in [0.1, 0.15) is 17.3 Å². The largest absolute Gasteiger partial charge is 0.373 e. The first kappa shape index (κ1) is 17.8. The van der Waals surface area contributed by atoms with Crippen LogP contribution in [0.1, 0.15) is 41.7 Å². The molecule has 1 unspecified atom stereocenters. The Morgan fingerprint density at radius 3 is 2.58 bits per heavy atom. The second kappa shape index (κ2) is 7.07. The van der Waals surface area contributed by atoms with Gasteiger partial charge in [0.05, 0.1) is 11.0 Å². The third-order valence-electron chi connectivity index (χ3n) is 4.17. The van der Waals surface area contributed by atoms with Gasteiger partial charge in [0, 0.05) is 29.3 Å². The average Bonchev–Trinajstić information content (AvgIpc) is 3.38. The second-order valence-corrected chi connectivity index (χ2v) is 6.27. The van der Waals surface area contributed by atoms with E-state index in [0.717, 1.165) is 25.0 Å². The molecule has 3 rings (SSSR count). The van der Waals surface area contributed by atoms with Crippen LogP contribution in [0.4, 0.5) is 20.2 Å². The summed E-state index contributed by atoms with van der Waals surface area (Å²) in [5.74, 6) is -1.80. The molecular formula is C18H17F2N3O3. The van der Waals surface area contributed by atoms with Gasteiger partial charge in [-0.05, 0) is 38.0 Å². The van der Waals surface area contributed by atoms with E-state index in [1.54, 1.807) is 6.92 Å². The van der Waals surface area contributed by atoms with Crippen LogP contribution in [0.5, 0.6) is 0 Å². The van der Waals surface area contributed by atoms with Gasteiger partial charge in [-0.3, -0.25) is 14.9 Å². The van der Waals surface area contributed by atoms with Gasteiger partial charge in [-0.15, -0.1) is 0 Å². The molecule has 8 heteroatoms. The molecule has 0 bridgehead atoms. The summed E-state index contributed by atoms with van der Waals surface area (Å²) in [6, 6.07) is 6.74. The Morgan fingerprint density at radius 1 is 1.23 bits per heavy atom. The molecule has 1 amide bonds. The highest BCUT2D eigenvalue weighted by atomic mass is 19.1. The number of amides is 1. The van der Waals surface area contributed by atoms with Gasteiger partial charge >= 0.3 is 0 Å². The lowest BCUT2D eigenvalue weighted by Gasteiger charge is -2.17. The first-order valence-corrected chi connectivity index (χ1v) is 8.16. The second-order valence-electron chi connectivity index (χ2n) is 6.27. The van der Waals surface area contributed by atoms with E-state index >= 15 is 0 Å². The lowest BCUT2D eigenvalue weighted by atomic mass is 10.1. The van der Waals surface area contributed by atoms with Crippen LogP contribution in [-0.4, -0.2) is 16.9 Å². The molecule has 0 radical (unpaired) electrons. The zero-order valence-corrected chi connectivity index (χ0v) is 14.0. The van der Waals surface area contributed by atoms with E-state index in [-0.39, 0.29) is 34.5 Å². The molecule has 136 valence electrons. The Bertz CT molecular complexity index is 869. The molecule has 1 aliphatic rings. The third-order valence-corrected chi connectivity index (χ3v) is 4.17. The number of rotatable bonds is 6. The minimum atomic E-state index is -0.743. The molecule has 0 spiro atoms. The van der Waals surface area contributed by atoms with Gasteiger partial charge in [-0.1, -0.05) is 6.07 Å². The molecule has 0 aliphatic heterocycles. The number of hydrogen-bond donors (Lipinski definition) is 2. The summed E-state index contributed by atoms with van der Waals surface area (Å²) in [6.07, 6.45) is 1.82. The number of nitrogens with zero attached hydrogens (tertiary/aromatic N) is 1. The number of nitrogens with one attached hydrogen (secondary N) is 2. The topological polar surface area (TPSA) is 84.3 Å².